The van der Waals surface area contributed by atoms with Crippen LogP contribution in [0.4, 0.5) is 0 Å². The van der Waals surface area contributed by atoms with Crippen LogP contribution in [0.15, 0.2) is 35.0 Å². The standard InChI is InChI=1S/C18H18ClN3O4S/c19-13-7-11-8-20-4-3-10(11)6-12(13)16(23)22-14(18(25)26)9-21-17(24)15-2-1-5-27-15/h2,6-7,9,20H,1,3-5,8H2,(H,21,24)(H,22,23)(H,25,26)/b14-9+. The third kappa shape index (κ3) is 4.71. The van der Waals surface area contributed by atoms with Gasteiger partial charge in [0.15, 0.2) is 0 Å². The average molecular weight is 408 g/mol. The summed E-state index contributed by atoms with van der Waals surface area (Å²) < 4.78 is 0. The van der Waals surface area contributed by atoms with Crippen molar-refractivity contribution in [3.63, 3.8) is 0 Å². The van der Waals surface area contributed by atoms with Crippen molar-refractivity contribution in [1.82, 2.24) is 16.0 Å². The Balaban J connectivity index is 1.74. The van der Waals surface area contributed by atoms with Crippen molar-refractivity contribution in [3.8, 4) is 0 Å². The summed E-state index contributed by atoms with van der Waals surface area (Å²) in [5, 5.41) is 17.5. The molecule has 0 spiro atoms. The van der Waals surface area contributed by atoms with Gasteiger partial charge in [-0.15, -0.1) is 11.8 Å². The zero-order valence-electron chi connectivity index (χ0n) is 14.3. The van der Waals surface area contributed by atoms with E-state index >= 15 is 0 Å². The molecule has 0 aromatic heterocycles. The molecular weight excluding hydrogens is 390 g/mol. The number of halogens is 1. The molecule has 1 aromatic rings. The molecule has 2 aliphatic heterocycles. The van der Waals surface area contributed by atoms with Gasteiger partial charge in [-0.1, -0.05) is 17.7 Å². The maximum Gasteiger partial charge on any atom is 0.353 e. The van der Waals surface area contributed by atoms with Gasteiger partial charge in [-0.25, -0.2) is 4.79 Å². The molecule has 2 amide bonds. The lowest BCUT2D eigenvalue weighted by Crippen LogP contribution is -2.31. The van der Waals surface area contributed by atoms with Crippen LogP contribution in [0.3, 0.4) is 0 Å². The largest absolute Gasteiger partial charge is 0.477 e. The maximum absolute atomic E-state index is 12.5. The minimum Gasteiger partial charge on any atom is -0.477 e. The first kappa shape index (κ1) is 19.5. The van der Waals surface area contributed by atoms with E-state index in [-0.39, 0.29) is 10.6 Å². The van der Waals surface area contributed by atoms with E-state index in [0.29, 0.717) is 11.4 Å². The van der Waals surface area contributed by atoms with Crippen LogP contribution in [0.25, 0.3) is 0 Å². The number of benzene rings is 1. The van der Waals surface area contributed by atoms with Gasteiger partial charge in [-0.2, -0.15) is 0 Å². The molecule has 7 nitrogen and oxygen atoms in total. The summed E-state index contributed by atoms with van der Waals surface area (Å²) >= 11 is 7.60. The normalized spacial score (nSPS) is 16.3. The second-order valence-electron chi connectivity index (χ2n) is 6.02. The highest BCUT2D eigenvalue weighted by Gasteiger charge is 2.20. The molecule has 0 fully saturated rings. The highest BCUT2D eigenvalue weighted by molar-refractivity contribution is 8.04. The fourth-order valence-electron chi connectivity index (χ4n) is 2.80. The summed E-state index contributed by atoms with van der Waals surface area (Å²) in [6, 6.07) is 3.40. The Hall–Kier alpha value is -2.29. The molecule has 142 valence electrons. The molecule has 4 N–H and O–H groups in total. The Bertz CT molecular complexity index is 866. The molecule has 3 rings (SSSR count). The highest BCUT2D eigenvalue weighted by atomic mass is 35.5. The summed E-state index contributed by atoms with van der Waals surface area (Å²) in [4.78, 5) is 36.4. The first-order valence-electron chi connectivity index (χ1n) is 8.36. The van der Waals surface area contributed by atoms with E-state index < -0.39 is 23.5 Å². The Kier molecular flexibility index (Phi) is 6.20. The zero-order valence-corrected chi connectivity index (χ0v) is 15.9. The van der Waals surface area contributed by atoms with Gasteiger partial charge in [-0.3, -0.25) is 9.59 Å². The van der Waals surface area contributed by atoms with Gasteiger partial charge in [0.1, 0.15) is 5.70 Å². The number of amides is 2. The van der Waals surface area contributed by atoms with Crippen molar-refractivity contribution in [3.05, 3.63) is 56.7 Å². The van der Waals surface area contributed by atoms with Crippen LogP contribution in [-0.2, 0) is 22.6 Å². The first-order chi connectivity index (χ1) is 13.0. The van der Waals surface area contributed by atoms with Crippen molar-refractivity contribution < 1.29 is 19.5 Å². The molecule has 0 atom stereocenters. The van der Waals surface area contributed by atoms with Crippen LogP contribution in [0.1, 0.15) is 27.9 Å². The van der Waals surface area contributed by atoms with Gasteiger partial charge in [0.2, 0.25) is 0 Å². The molecule has 0 unspecified atom stereocenters. The van der Waals surface area contributed by atoms with E-state index in [1.54, 1.807) is 18.2 Å². The first-order valence-corrected chi connectivity index (χ1v) is 9.72. The van der Waals surface area contributed by atoms with Gasteiger partial charge in [0.05, 0.1) is 15.5 Å². The predicted molar refractivity (Wildman–Crippen MR) is 103 cm³/mol. The Labute approximate surface area is 165 Å². The molecule has 0 radical (unpaired) electrons. The van der Waals surface area contributed by atoms with Crippen molar-refractivity contribution >= 4 is 41.1 Å². The third-order valence-electron chi connectivity index (χ3n) is 4.18. The van der Waals surface area contributed by atoms with E-state index in [0.717, 1.165) is 42.5 Å². The van der Waals surface area contributed by atoms with Crippen molar-refractivity contribution in [2.45, 2.75) is 19.4 Å². The predicted octanol–water partition coefficient (Wildman–Crippen LogP) is 1.78. The second kappa shape index (κ2) is 8.60. The number of thioether (sulfide) groups is 1. The number of hydrogen-bond donors (Lipinski definition) is 4. The van der Waals surface area contributed by atoms with Crippen LogP contribution in [0.5, 0.6) is 0 Å². The Morgan fingerprint density at radius 3 is 2.74 bits per heavy atom. The summed E-state index contributed by atoms with van der Waals surface area (Å²) in [6.45, 7) is 1.48. The molecule has 2 aliphatic rings. The van der Waals surface area contributed by atoms with Gasteiger partial charge in [-0.05, 0) is 42.6 Å². The number of carbonyl (C=O) groups is 3. The number of carboxylic acids is 1. The molecule has 0 saturated carbocycles. The molecular formula is C18H18ClN3O4S. The van der Waals surface area contributed by atoms with Crippen molar-refractivity contribution in [2.24, 2.45) is 0 Å². The SMILES string of the molecule is O=C(N/C=C(/NC(=O)c1cc2c(cc1Cl)CNCC2)C(=O)O)C1=CCCS1. The van der Waals surface area contributed by atoms with E-state index in [1.807, 2.05) is 0 Å². The monoisotopic (exact) mass is 407 g/mol. The zero-order chi connectivity index (χ0) is 19.4. The average Bonchev–Trinajstić information content (AvgIpc) is 3.18. The fraction of sp³-hybridized carbons (Fsp3) is 0.278. The van der Waals surface area contributed by atoms with Gasteiger partial charge >= 0.3 is 5.97 Å². The number of nitrogens with one attached hydrogen (secondary N) is 3. The summed E-state index contributed by atoms with van der Waals surface area (Å²) in [5.74, 6) is -1.58. The van der Waals surface area contributed by atoms with Gasteiger partial charge in [0.25, 0.3) is 11.8 Å². The van der Waals surface area contributed by atoms with Crippen LogP contribution in [0.2, 0.25) is 5.02 Å². The lowest BCUT2D eigenvalue weighted by Gasteiger charge is -2.19. The van der Waals surface area contributed by atoms with Crippen LogP contribution in [0, 0.1) is 0 Å². The van der Waals surface area contributed by atoms with Crippen molar-refractivity contribution in [1.29, 1.82) is 0 Å². The highest BCUT2D eigenvalue weighted by Crippen LogP contribution is 2.25. The molecule has 0 bridgehead atoms. The van der Waals surface area contributed by atoms with Gasteiger partial charge in [0, 0.05) is 18.5 Å². The minimum atomic E-state index is -1.37. The van der Waals surface area contributed by atoms with E-state index in [1.165, 1.54) is 11.8 Å². The smallest absolute Gasteiger partial charge is 0.353 e. The number of carbonyl (C=O) groups excluding carboxylic acids is 2. The lowest BCUT2D eigenvalue weighted by atomic mass is 9.98. The number of allylic oxidation sites excluding steroid dienone is 1. The van der Waals surface area contributed by atoms with E-state index in [2.05, 4.69) is 16.0 Å². The summed E-state index contributed by atoms with van der Waals surface area (Å²) in [5.41, 5.74) is 1.78. The summed E-state index contributed by atoms with van der Waals surface area (Å²) in [6.07, 6.45) is 4.33. The molecule has 9 heteroatoms. The third-order valence-corrected chi connectivity index (χ3v) is 5.59. The fourth-order valence-corrected chi connectivity index (χ4v) is 3.96. The van der Waals surface area contributed by atoms with E-state index in [9.17, 15) is 19.5 Å². The van der Waals surface area contributed by atoms with Crippen LogP contribution < -0.4 is 16.0 Å². The van der Waals surface area contributed by atoms with Crippen molar-refractivity contribution in [2.75, 3.05) is 12.3 Å². The number of aliphatic carboxylic acids is 1. The number of hydrogen-bond acceptors (Lipinski definition) is 5. The topological polar surface area (TPSA) is 108 Å². The van der Waals surface area contributed by atoms with Crippen LogP contribution >= 0.6 is 23.4 Å². The second-order valence-corrected chi connectivity index (χ2v) is 7.57. The van der Waals surface area contributed by atoms with E-state index in [4.69, 9.17) is 11.6 Å². The maximum atomic E-state index is 12.5. The minimum absolute atomic E-state index is 0.199. The molecule has 0 saturated heterocycles. The molecule has 2 heterocycles. The Morgan fingerprint density at radius 1 is 1.22 bits per heavy atom. The number of carboxylic acid groups (broad SMARTS) is 1. The molecule has 1 aromatic carbocycles. The molecule has 27 heavy (non-hydrogen) atoms. The van der Waals surface area contributed by atoms with Crippen LogP contribution in [-0.4, -0.2) is 35.2 Å². The van der Waals surface area contributed by atoms with Gasteiger partial charge < -0.3 is 21.1 Å². The summed E-state index contributed by atoms with van der Waals surface area (Å²) in [7, 11) is 0. The lowest BCUT2D eigenvalue weighted by molar-refractivity contribution is -0.133. The Morgan fingerprint density at radius 2 is 2.04 bits per heavy atom. The number of fused-ring (bicyclic) bond motifs is 1. The number of rotatable bonds is 5. The quantitative estimate of drug-likeness (QED) is 0.554. The molecule has 0 aliphatic carbocycles.